The Morgan fingerprint density at radius 1 is 1.30 bits per heavy atom. The first-order valence-electron chi connectivity index (χ1n) is 6.46. The van der Waals surface area contributed by atoms with E-state index in [4.69, 9.17) is 0 Å². The first-order chi connectivity index (χ1) is 9.78. The van der Waals surface area contributed by atoms with Crippen molar-refractivity contribution in [3.05, 3.63) is 11.9 Å². The van der Waals surface area contributed by atoms with Crippen LogP contribution in [0.3, 0.4) is 0 Å². The largest absolute Gasteiger partial charge is 0.370 e. The predicted octanol–water partition coefficient (Wildman–Crippen LogP) is 3.51. The molecule has 0 spiro atoms. The van der Waals surface area contributed by atoms with Gasteiger partial charge in [0.1, 0.15) is 16.7 Å². The third-order valence-corrected chi connectivity index (χ3v) is 5.64. The van der Waals surface area contributed by atoms with Crippen molar-refractivity contribution < 1.29 is 0 Å². The van der Waals surface area contributed by atoms with E-state index in [1.807, 2.05) is 12.3 Å². The Labute approximate surface area is 130 Å². The predicted molar refractivity (Wildman–Crippen MR) is 84.0 cm³/mol. The van der Waals surface area contributed by atoms with Crippen LogP contribution in [0.25, 0.3) is 0 Å². The van der Waals surface area contributed by atoms with E-state index in [1.54, 1.807) is 34.9 Å². The van der Waals surface area contributed by atoms with Crippen LogP contribution in [0.2, 0.25) is 0 Å². The monoisotopic (exact) mass is 325 g/mol. The molecule has 5 nitrogen and oxygen atoms in total. The van der Waals surface area contributed by atoms with Gasteiger partial charge in [0.15, 0.2) is 8.68 Å². The minimum Gasteiger partial charge on any atom is -0.370 e. The third-order valence-electron chi connectivity index (χ3n) is 2.77. The van der Waals surface area contributed by atoms with Crippen LogP contribution < -0.4 is 5.32 Å². The van der Waals surface area contributed by atoms with Gasteiger partial charge < -0.3 is 5.32 Å². The van der Waals surface area contributed by atoms with Gasteiger partial charge in [-0.1, -0.05) is 23.1 Å². The van der Waals surface area contributed by atoms with Crippen molar-refractivity contribution in [2.24, 2.45) is 0 Å². The summed E-state index contributed by atoms with van der Waals surface area (Å²) in [7, 11) is 0. The van der Waals surface area contributed by atoms with Gasteiger partial charge in [0.25, 0.3) is 0 Å². The standard InChI is InChI=1S/C12H15N5S3/c1-3-13-8-6-9(15-10(14-8)7-4-5-7)19-12-17-16-11(18-2)20-12/h6-7H,3-5H2,1-2H3,(H,13,14,15). The number of rotatable bonds is 6. The lowest BCUT2D eigenvalue weighted by Gasteiger charge is -2.07. The zero-order valence-corrected chi connectivity index (χ0v) is 13.7. The highest BCUT2D eigenvalue weighted by Gasteiger charge is 2.27. The molecule has 0 saturated heterocycles. The molecule has 8 heteroatoms. The summed E-state index contributed by atoms with van der Waals surface area (Å²) in [4.78, 5) is 9.23. The Morgan fingerprint density at radius 2 is 2.10 bits per heavy atom. The molecule has 20 heavy (non-hydrogen) atoms. The Kier molecular flexibility index (Phi) is 4.42. The number of aromatic nitrogens is 4. The van der Waals surface area contributed by atoms with Gasteiger partial charge in [-0.05, 0) is 37.8 Å². The summed E-state index contributed by atoms with van der Waals surface area (Å²) >= 11 is 4.78. The van der Waals surface area contributed by atoms with Crippen molar-refractivity contribution in [1.29, 1.82) is 0 Å². The van der Waals surface area contributed by atoms with Crippen molar-refractivity contribution in [3.63, 3.8) is 0 Å². The highest BCUT2D eigenvalue weighted by Crippen LogP contribution is 2.40. The van der Waals surface area contributed by atoms with Crippen molar-refractivity contribution in [3.8, 4) is 0 Å². The molecule has 0 aromatic carbocycles. The summed E-state index contributed by atoms with van der Waals surface area (Å²) in [5.41, 5.74) is 0. The van der Waals surface area contributed by atoms with E-state index >= 15 is 0 Å². The molecule has 1 aliphatic rings. The summed E-state index contributed by atoms with van der Waals surface area (Å²) in [6.07, 6.45) is 4.42. The molecular weight excluding hydrogens is 310 g/mol. The molecule has 0 atom stereocenters. The number of nitrogens with zero attached hydrogens (tertiary/aromatic N) is 4. The van der Waals surface area contributed by atoms with E-state index in [0.29, 0.717) is 5.92 Å². The topological polar surface area (TPSA) is 63.6 Å². The molecule has 0 amide bonds. The first-order valence-corrected chi connectivity index (χ1v) is 9.32. The molecule has 3 rings (SSSR count). The summed E-state index contributed by atoms with van der Waals surface area (Å²) < 4.78 is 1.91. The fourth-order valence-corrected chi connectivity index (χ4v) is 4.09. The maximum absolute atomic E-state index is 4.65. The molecule has 2 aromatic heterocycles. The fraction of sp³-hybridized carbons (Fsp3) is 0.500. The summed E-state index contributed by atoms with van der Waals surface area (Å²) in [5.74, 6) is 2.41. The number of nitrogens with one attached hydrogen (secondary N) is 1. The zero-order chi connectivity index (χ0) is 13.9. The Bertz CT molecular complexity index is 597. The van der Waals surface area contributed by atoms with Crippen LogP contribution >= 0.6 is 34.9 Å². The second kappa shape index (κ2) is 6.28. The van der Waals surface area contributed by atoms with E-state index in [-0.39, 0.29) is 0 Å². The Morgan fingerprint density at radius 3 is 2.75 bits per heavy atom. The summed E-state index contributed by atoms with van der Waals surface area (Å²) in [6.45, 7) is 2.93. The van der Waals surface area contributed by atoms with Crippen LogP contribution in [0.4, 0.5) is 5.82 Å². The second-order valence-electron chi connectivity index (χ2n) is 4.39. The van der Waals surface area contributed by atoms with Crippen LogP contribution in [0.5, 0.6) is 0 Å². The zero-order valence-electron chi connectivity index (χ0n) is 11.3. The molecular formula is C12H15N5S3. The van der Waals surface area contributed by atoms with E-state index in [1.165, 1.54) is 12.8 Å². The van der Waals surface area contributed by atoms with Gasteiger partial charge in [0.05, 0.1) is 0 Å². The van der Waals surface area contributed by atoms with Gasteiger partial charge in [-0.3, -0.25) is 0 Å². The number of anilines is 1. The van der Waals surface area contributed by atoms with Gasteiger partial charge in [-0.15, -0.1) is 10.2 Å². The van der Waals surface area contributed by atoms with Crippen LogP contribution in [0.15, 0.2) is 19.8 Å². The lowest BCUT2D eigenvalue weighted by Crippen LogP contribution is -2.03. The Hall–Kier alpha value is -0.860. The second-order valence-corrected chi connectivity index (χ2v) is 7.69. The van der Waals surface area contributed by atoms with Gasteiger partial charge >= 0.3 is 0 Å². The summed E-state index contributed by atoms with van der Waals surface area (Å²) in [6, 6.07) is 1.99. The van der Waals surface area contributed by atoms with Crippen LogP contribution in [-0.4, -0.2) is 33.0 Å². The molecule has 0 bridgehead atoms. The molecule has 0 unspecified atom stereocenters. The van der Waals surface area contributed by atoms with Gasteiger partial charge in [-0.25, -0.2) is 9.97 Å². The van der Waals surface area contributed by atoms with Crippen molar-refractivity contribution in [2.75, 3.05) is 18.1 Å². The maximum atomic E-state index is 4.65. The molecule has 1 fully saturated rings. The third kappa shape index (κ3) is 3.42. The molecule has 1 aliphatic carbocycles. The lowest BCUT2D eigenvalue weighted by atomic mass is 10.4. The highest BCUT2D eigenvalue weighted by atomic mass is 32.2. The fourth-order valence-electron chi connectivity index (χ4n) is 1.70. The van der Waals surface area contributed by atoms with Crippen molar-refractivity contribution >= 4 is 40.7 Å². The molecule has 2 heterocycles. The first kappa shape index (κ1) is 14.1. The number of hydrogen-bond donors (Lipinski definition) is 1. The minimum atomic E-state index is 0.545. The minimum absolute atomic E-state index is 0.545. The van der Waals surface area contributed by atoms with Gasteiger partial charge in [-0.2, -0.15) is 0 Å². The maximum Gasteiger partial charge on any atom is 0.181 e. The normalized spacial score (nSPS) is 14.5. The molecule has 2 aromatic rings. The highest BCUT2D eigenvalue weighted by molar-refractivity contribution is 8.02. The smallest absolute Gasteiger partial charge is 0.181 e. The van der Waals surface area contributed by atoms with Crippen molar-refractivity contribution in [2.45, 2.75) is 39.4 Å². The van der Waals surface area contributed by atoms with E-state index < -0.39 is 0 Å². The van der Waals surface area contributed by atoms with E-state index in [2.05, 4.69) is 32.4 Å². The number of thioether (sulfide) groups is 1. The SMILES string of the molecule is CCNc1cc(Sc2nnc(SC)s2)nc(C2CC2)n1. The van der Waals surface area contributed by atoms with Crippen LogP contribution in [0.1, 0.15) is 31.5 Å². The summed E-state index contributed by atoms with van der Waals surface area (Å²) in [5, 5.41) is 12.5. The molecule has 0 radical (unpaired) electrons. The average Bonchev–Trinajstić information content (AvgIpc) is 3.20. The van der Waals surface area contributed by atoms with E-state index in [9.17, 15) is 0 Å². The number of hydrogen-bond acceptors (Lipinski definition) is 8. The van der Waals surface area contributed by atoms with Gasteiger partial charge in [0.2, 0.25) is 0 Å². The van der Waals surface area contributed by atoms with Gasteiger partial charge in [0, 0.05) is 18.5 Å². The lowest BCUT2D eigenvalue weighted by molar-refractivity contribution is 0.875. The van der Waals surface area contributed by atoms with Crippen LogP contribution in [0, 0.1) is 0 Å². The molecule has 106 valence electrons. The van der Waals surface area contributed by atoms with Crippen LogP contribution in [-0.2, 0) is 0 Å². The molecule has 1 saturated carbocycles. The average molecular weight is 325 g/mol. The Balaban J connectivity index is 1.83. The van der Waals surface area contributed by atoms with Crippen molar-refractivity contribution in [1.82, 2.24) is 20.2 Å². The molecule has 0 aliphatic heterocycles. The van der Waals surface area contributed by atoms with E-state index in [0.717, 1.165) is 31.9 Å². The quantitative estimate of drug-likeness (QED) is 0.644. The molecule has 1 N–H and O–H groups in total.